The van der Waals surface area contributed by atoms with Crippen molar-refractivity contribution in [1.29, 1.82) is 0 Å². The molecule has 1 saturated heterocycles. The molecule has 0 aliphatic carbocycles. The third kappa shape index (κ3) is 3.46. The number of anilines is 1. The molecular formula is C15H19N5O. The van der Waals surface area contributed by atoms with Crippen LogP contribution in [-0.4, -0.2) is 33.8 Å². The van der Waals surface area contributed by atoms with Crippen molar-refractivity contribution in [3.8, 4) is 5.82 Å². The van der Waals surface area contributed by atoms with Gasteiger partial charge >= 0.3 is 0 Å². The first-order chi connectivity index (χ1) is 10.3. The molecule has 1 aliphatic rings. The molecule has 2 aromatic heterocycles. The summed E-state index contributed by atoms with van der Waals surface area (Å²) in [7, 11) is 0. The Hall–Kier alpha value is -2.21. The molecule has 1 amide bonds. The van der Waals surface area contributed by atoms with Crippen LogP contribution in [-0.2, 0) is 4.79 Å². The number of piperidine rings is 1. The summed E-state index contributed by atoms with van der Waals surface area (Å²) in [6.07, 6.45) is 7.88. The van der Waals surface area contributed by atoms with Gasteiger partial charge in [0.15, 0.2) is 5.82 Å². The largest absolute Gasteiger partial charge is 0.323 e. The van der Waals surface area contributed by atoms with E-state index in [1.807, 2.05) is 24.4 Å². The summed E-state index contributed by atoms with van der Waals surface area (Å²) in [6.45, 7) is 2.01. The predicted octanol–water partition coefficient (Wildman–Crippen LogP) is 1.60. The van der Waals surface area contributed by atoms with E-state index < -0.39 is 0 Å². The molecule has 0 spiro atoms. The highest BCUT2D eigenvalue weighted by Crippen LogP contribution is 2.20. The molecule has 2 aromatic rings. The summed E-state index contributed by atoms with van der Waals surface area (Å²) >= 11 is 0. The zero-order chi connectivity index (χ0) is 14.5. The summed E-state index contributed by atoms with van der Waals surface area (Å²) in [4.78, 5) is 16.5. The summed E-state index contributed by atoms with van der Waals surface area (Å²) in [5.41, 5.74) is 0.695. The number of carbonyl (C=O) groups is 1. The van der Waals surface area contributed by atoms with Crippen LogP contribution in [0.2, 0.25) is 0 Å². The van der Waals surface area contributed by atoms with E-state index in [4.69, 9.17) is 0 Å². The van der Waals surface area contributed by atoms with Crippen molar-refractivity contribution in [2.24, 2.45) is 5.92 Å². The zero-order valence-electron chi connectivity index (χ0n) is 11.8. The first kappa shape index (κ1) is 13.8. The van der Waals surface area contributed by atoms with Crippen LogP contribution >= 0.6 is 0 Å². The van der Waals surface area contributed by atoms with Crippen LogP contribution in [0, 0.1) is 5.92 Å². The Balaban J connectivity index is 1.68. The molecule has 0 aromatic carbocycles. The number of hydrogen-bond donors (Lipinski definition) is 2. The Morgan fingerprint density at radius 2 is 2.19 bits per heavy atom. The molecule has 1 aliphatic heterocycles. The molecule has 110 valence electrons. The fourth-order valence-electron chi connectivity index (χ4n) is 2.62. The fraction of sp³-hybridized carbons (Fsp3) is 0.400. The maximum absolute atomic E-state index is 12.2. The number of hydrogen-bond acceptors (Lipinski definition) is 4. The molecule has 3 heterocycles. The van der Waals surface area contributed by atoms with Gasteiger partial charge in [-0.25, -0.2) is 9.67 Å². The van der Waals surface area contributed by atoms with Crippen molar-refractivity contribution in [3.05, 3.63) is 36.8 Å². The van der Waals surface area contributed by atoms with Gasteiger partial charge < -0.3 is 10.6 Å². The Bertz CT molecular complexity index is 590. The van der Waals surface area contributed by atoms with Crippen LogP contribution in [0.4, 0.5) is 5.69 Å². The molecule has 21 heavy (non-hydrogen) atoms. The van der Waals surface area contributed by atoms with Crippen molar-refractivity contribution >= 4 is 11.6 Å². The Kier molecular flexibility index (Phi) is 4.25. The molecule has 0 bridgehead atoms. The lowest BCUT2D eigenvalue weighted by Gasteiger charge is -2.22. The van der Waals surface area contributed by atoms with Crippen molar-refractivity contribution in [2.75, 3.05) is 18.4 Å². The van der Waals surface area contributed by atoms with E-state index in [0.717, 1.165) is 25.9 Å². The summed E-state index contributed by atoms with van der Waals surface area (Å²) in [6, 6.07) is 5.49. The first-order valence-corrected chi connectivity index (χ1v) is 7.28. The number of aromatic nitrogens is 3. The second kappa shape index (κ2) is 6.49. The van der Waals surface area contributed by atoms with Crippen LogP contribution in [0.15, 0.2) is 36.8 Å². The van der Waals surface area contributed by atoms with Gasteiger partial charge in [0.05, 0.1) is 5.69 Å². The third-order valence-electron chi connectivity index (χ3n) is 3.71. The molecule has 6 heteroatoms. The first-order valence-electron chi connectivity index (χ1n) is 7.28. The highest BCUT2D eigenvalue weighted by Gasteiger charge is 2.17. The minimum absolute atomic E-state index is 0.0447. The number of amides is 1. The van der Waals surface area contributed by atoms with E-state index in [1.54, 1.807) is 17.1 Å². The average molecular weight is 285 g/mol. The Labute approximate surface area is 123 Å². The van der Waals surface area contributed by atoms with Gasteiger partial charge in [-0.05, 0) is 50.0 Å². The molecular weight excluding hydrogens is 266 g/mol. The smallest absolute Gasteiger partial charge is 0.224 e. The number of rotatable bonds is 4. The molecule has 0 radical (unpaired) electrons. The summed E-state index contributed by atoms with van der Waals surface area (Å²) in [5, 5.41) is 10.4. The Morgan fingerprint density at radius 3 is 2.95 bits per heavy atom. The lowest BCUT2D eigenvalue weighted by atomic mass is 9.94. The van der Waals surface area contributed by atoms with Crippen molar-refractivity contribution in [1.82, 2.24) is 20.1 Å². The number of nitrogens with one attached hydrogen (secondary N) is 2. The predicted molar refractivity (Wildman–Crippen MR) is 80.2 cm³/mol. The lowest BCUT2D eigenvalue weighted by molar-refractivity contribution is -0.117. The van der Waals surface area contributed by atoms with E-state index in [2.05, 4.69) is 20.7 Å². The van der Waals surface area contributed by atoms with Gasteiger partial charge in [0.2, 0.25) is 5.91 Å². The van der Waals surface area contributed by atoms with E-state index in [1.165, 1.54) is 0 Å². The van der Waals surface area contributed by atoms with Crippen LogP contribution < -0.4 is 10.6 Å². The highest BCUT2D eigenvalue weighted by molar-refractivity contribution is 5.92. The SMILES string of the molecule is O=C(CC1CCNCC1)Nc1cccnc1-n1cccn1. The summed E-state index contributed by atoms with van der Waals surface area (Å²) in [5.74, 6) is 1.15. The van der Waals surface area contributed by atoms with Crippen LogP contribution in [0.1, 0.15) is 19.3 Å². The van der Waals surface area contributed by atoms with Gasteiger partial charge in [-0.3, -0.25) is 4.79 Å². The minimum atomic E-state index is 0.0447. The fourth-order valence-corrected chi connectivity index (χ4v) is 2.62. The van der Waals surface area contributed by atoms with E-state index >= 15 is 0 Å². The molecule has 3 rings (SSSR count). The number of nitrogens with zero attached hydrogens (tertiary/aromatic N) is 3. The van der Waals surface area contributed by atoms with E-state index in [9.17, 15) is 4.79 Å². The molecule has 2 N–H and O–H groups in total. The van der Waals surface area contributed by atoms with Gasteiger partial charge in [0, 0.05) is 25.0 Å². The van der Waals surface area contributed by atoms with Crippen LogP contribution in [0.5, 0.6) is 0 Å². The topological polar surface area (TPSA) is 71.8 Å². The maximum Gasteiger partial charge on any atom is 0.224 e. The van der Waals surface area contributed by atoms with Gasteiger partial charge in [0.1, 0.15) is 0 Å². The standard InChI is InChI=1S/C15H19N5O/c21-14(11-12-4-8-16-9-5-12)19-13-3-1-6-17-15(13)20-10-2-7-18-20/h1-3,6-7,10,12,16H,4-5,8-9,11H2,(H,19,21). The van der Waals surface area contributed by atoms with E-state index in [-0.39, 0.29) is 5.91 Å². The van der Waals surface area contributed by atoms with Gasteiger partial charge in [-0.2, -0.15) is 5.10 Å². The normalized spacial score (nSPS) is 15.8. The van der Waals surface area contributed by atoms with Gasteiger partial charge in [0.25, 0.3) is 0 Å². The molecule has 0 atom stereocenters. The van der Waals surface area contributed by atoms with Gasteiger partial charge in [-0.15, -0.1) is 0 Å². The van der Waals surface area contributed by atoms with Crippen molar-refractivity contribution < 1.29 is 4.79 Å². The lowest BCUT2D eigenvalue weighted by Crippen LogP contribution is -2.30. The number of carbonyl (C=O) groups excluding carboxylic acids is 1. The minimum Gasteiger partial charge on any atom is -0.323 e. The average Bonchev–Trinajstić information content (AvgIpc) is 3.03. The van der Waals surface area contributed by atoms with Gasteiger partial charge in [-0.1, -0.05) is 0 Å². The second-order valence-electron chi connectivity index (χ2n) is 5.27. The van der Waals surface area contributed by atoms with Crippen LogP contribution in [0.3, 0.4) is 0 Å². The maximum atomic E-state index is 12.2. The Morgan fingerprint density at radius 1 is 1.33 bits per heavy atom. The van der Waals surface area contributed by atoms with Crippen molar-refractivity contribution in [3.63, 3.8) is 0 Å². The molecule has 0 saturated carbocycles. The monoisotopic (exact) mass is 285 g/mol. The van der Waals surface area contributed by atoms with Crippen molar-refractivity contribution in [2.45, 2.75) is 19.3 Å². The zero-order valence-corrected chi connectivity index (χ0v) is 11.8. The molecule has 1 fully saturated rings. The van der Waals surface area contributed by atoms with Crippen LogP contribution in [0.25, 0.3) is 5.82 Å². The molecule has 6 nitrogen and oxygen atoms in total. The summed E-state index contributed by atoms with van der Waals surface area (Å²) < 4.78 is 1.65. The third-order valence-corrected chi connectivity index (χ3v) is 3.71. The number of pyridine rings is 1. The quantitative estimate of drug-likeness (QED) is 0.895. The van der Waals surface area contributed by atoms with E-state index in [0.29, 0.717) is 23.8 Å². The second-order valence-corrected chi connectivity index (χ2v) is 5.27. The molecule has 0 unspecified atom stereocenters. The highest BCUT2D eigenvalue weighted by atomic mass is 16.1.